The van der Waals surface area contributed by atoms with Gasteiger partial charge in [-0.3, -0.25) is 9.59 Å². The molecule has 0 saturated heterocycles. The van der Waals surface area contributed by atoms with E-state index < -0.39 is 5.97 Å². The summed E-state index contributed by atoms with van der Waals surface area (Å²) < 4.78 is 5.62. The summed E-state index contributed by atoms with van der Waals surface area (Å²) in [4.78, 5) is 22.3. The molecule has 0 aliphatic heterocycles. The van der Waals surface area contributed by atoms with E-state index in [9.17, 15) is 9.59 Å². The average Bonchev–Trinajstić information content (AvgIpc) is 3.05. The van der Waals surface area contributed by atoms with Gasteiger partial charge < -0.3 is 15.2 Å². The third-order valence-corrected chi connectivity index (χ3v) is 9.10. The summed E-state index contributed by atoms with van der Waals surface area (Å²) in [6.45, 7) is 12.0. The number of rotatable bonds is 36. The molecule has 5 heteroatoms. The third kappa shape index (κ3) is 42.9. The van der Waals surface area contributed by atoms with Gasteiger partial charge in [0.25, 0.3) is 0 Å². The van der Waals surface area contributed by atoms with Crippen LogP contribution in [0.5, 0.6) is 0 Å². The summed E-state index contributed by atoms with van der Waals surface area (Å²) >= 11 is 0. The molecule has 5 nitrogen and oxygen atoms in total. The van der Waals surface area contributed by atoms with Crippen LogP contribution in [0.15, 0.2) is 0 Å². The number of unbranched alkanes of at least 4 members (excludes halogenated alkanes) is 22. The topological polar surface area (TPSA) is 75.6 Å². The molecule has 0 bridgehead atoms. The Bertz CT molecular complexity index is 585. The minimum absolute atomic E-state index is 0.0330. The molecular weight excluding hydrogens is 570 g/mol. The molecule has 0 aromatic heterocycles. The van der Waals surface area contributed by atoms with Crippen molar-refractivity contribution in [2.45, 2.75) is 227 Å². The number of nitrogens with one attached hydrogen (secondary N) is 1. The monoisotopic (exact) mass is 654 g/mol. The molecule has 0 aliphatic rings. The number of carbonyl (C=O) groups is 2. The molecule has 0 amide bonds. The lowest BCUT2D eigenvalue weighted by Gasteiger charge is -2.17. The third-order valence-electron chi connectivity index (χ3n) is 9.10. The van der Waals surface area contributed by atoms with Crippen molar-refractivity contribution < 1.29 is 19.4 Å². The van der Waals surface area contributed by atoms with Gasteiger partial charge in [-0.1, -0.05) is 175 Å². The fourth-order valence-corrected chi connectivity index (χ4v) is 5.93. The first-order chi connectivity index (χ1) is 22.5. The zero-order chi connectivity index (χ0) is 34.2. The summed E-state index contributed by atoms with van der Waals surface area (Å²) in [5.41, 5.74) is 0. The Hall–Kier alpha value is -1.10. The highest BCUT2D eigenvalue weighted by atomic mass is 16.5. The van der Waals surface area contributed by atoms with Crippen LogP contribution in [-0.2, 0) is 14.3 Å². The van der Waals surface area contributed by atoms with Gasteiger partial charge in [-0.2, -0.15) is 0 Å². The van der Waals surface area contributed by atoms with Crippen LogP contribution in [0.3, 0.4) is 0 Å². The Morgan fingerprint density at radius 1 is 0.478 bits per heavy atom. The van der Waals surface area contributed by atoms with Crippen LogP contribution in [0.1, 0.15) is 227 Å². The van der Waals surface area contributed by atoms with Gasteiger partial charge in [0.15, 0.2) is 0 Å². The summed E-state index contributed by atoms with van der Waals surface area (Å²) in [5.74, 6) is -0.0434. The molecule has 0 fully saturated rings. The lowest BCUT2D eigenvalue weighted by molar-refractivity contribution is -0.145. The molecule has 0 radical (unpaired) electrons. The number of hydrogen-bond donors (Lipinski definition) is 2. The number of ether oxygens (including phenoxy) is 1. The minimum atomic E-state index is -0.661. The summed E-state index contributed by atoms with van der Waals surface area (Å²) in [5, 5.41) is 12.0. The highest BCUT2D eigenvalue weighted by molar-refractivity contribution is 5.69. The van der Waals surface area contributed by atoms with Crippen LogP contribution in [0.2, 0.25) is 0 Å². The van der Waals surface area contributed by atoms with E-state index in [1.807, 2.05) is 0 Å². The van der Waals surface area contributed by atoms with Crippen LogP contribution in [0.4, 0.5) is 0 Å². The largest absolute Gasteiger partial charge is 0.481 e. The second-order valence-electron chi connectivity index (χ2n) is 13.9. The lowest BCUT2D eigenvalue weighted by atomic mass is 9.95. The fraction of sp³-hybridized carbons (Fsp3) is 0.951. The Morgan fingerprint density at radius 3 is 1.24 bits per heavy atom. The van der Waals surface area contributed by atoms with E-state index in [0.717, 1.165) is 25.8 Å². The first kappa shape index (κ1) is 47.0. The zero-order valence-corrected chi connectivity index (χ0v) is 31.8. The number of aliphatic carboxylic acids is 1. The van der Waals surface area contributed by atoms with E-state index in [1.54, 1.807) is 0 Å². The average molecular weight is 654 g/mol. The second-order valence-corrected chi connectivity index (χ2v) is 13.9. The predicted octanol–water partition coefficient (Wildman–Crippen LogP) is 13.0. The van der Waals surface area contributed by atoms with Crippen molar-refractivity contribution in [3.8, 4) is 0 Å². The quantitative estimate of drug-likeness (QED) is 0.0520. The van der Waals surface area contributed by atoms with Gasteiger partial charge in [0.2, 0.25) is 0 Å². The van der Waals surface area contributed by atoms with Crippen LogP contribution < -0.4 is 5.32 Å². The van der Waals surface area contributed by atoms with Crippen molar-refractivity contribution in [1.82, 2.24) is 5.32 Å². The smallest absolute Gasteiger partial charge is 0.305 e. The van der Waals surface area contributed by atoms with Crippen LogP contribution in [0, 0.1) is 5.92 Å². The molecule has 0 unspecified atom stereocenters. The van der Waals surface area contributed by atoms with Crippen molar-refractivity contribution in [2.24, 2.45) is 5.92 Å². The van der Waals surface area contributed by atoms with Crippen molar-refractivity contribution >= 4 is 11.9 Å². The summed E-state index contributed by atoms with van der Waals surface area (Å²) in [6, 6.07) is 0. The first-order valence-corrected chi connectivity index (χ1v) is 20.6. The molecule has 2 N–H and O–H groups in total. The van der Waals surface area contributed by atoms with Crippen molar-refractivity contribution in [3.63, 3.8) is 0 Å². The van der Waals surface area contributed by atoms with Gasteiger partial charge in [-0.25, -0.2) is 0 Å². The maximum absolute atomic E-state index is 12.0. The molecule has 0 aromatic carbocycles. The summed E-state index contributed by atoms with van der Waals surface area (Å²) in [7, 11) is 0. The number of esters is 1. The molecule has 0 atom stereocenters. The van der Waals surface area contributed by atoms with Crippen molar-refractivity contribution in [2.75, 3.05) is 19.7 Å². The maximum atomic E-state index is 12.0. The zero-order valence-electron chi connectivity index (χ0n) is 31.8. The van der Waals surface area contributed by atoms with Gasteiger partial charge in [0.05, 0.1) is 6.61 Å². The number of hydrogen-bond acceptors (Lipinski definition) is 4. The maximum Gasteiger partial charge on any atom is 0.305 e. The molecule has 276 valence electrons. The molecule has 46 heavy (non-hydrogen) atoms. The molecular formula is C41H83NO4. The number of carboxylic acid groups (broad SMARTS) is 1. The van der Waals surface area contributed by atoms with E-state index in [-0.39, 0.29) is 5.97 Å². The van der Waals surface area contributed by atoms with Crippen molar-refractivity contribution in [1.29, 1.82) is 0 Å². The lowest BCUT2D eigenvalue weighted by Crippen LogP contribution is -2.16. The normalized spacial score (nSPS) is 11.1. The van der Waals surface area contributed by atoms with Gasteiger partial charge in [0, 0.05) is 12.8 Å². The Balaban J connectivity index is 0. The predicted molar refractivity (Wildman–Crippen MR) is 201 cm³/mol. The molecule has 0 spiro atoms. The fourth-order valence-electron chi connectivity index (χ4n) is 5.93. The number of carboxylic acids is 1. The van der Waals surface area contributed by atoms with E-state index >= 15 is 0 Å². The SMILES string of the molecule is CCCCCCCCCC(=O)OCC(CCCCCC)CCCCCC.CCCCCCCNCCCCCCCCCC(=O)O. The molecule has 0 heterocycles. The van der Waals surface area contributed by atoms with Gasteiger partial charge in [-0.05, 0) is 57.5 Å². The van der Waals surface area contributed by atoms with Gasteiger partial charge in [-0.15, -0.1) is 0 Å². The second kappa shape index (κ2) is 41.9. The van der Waals surface area contributed by atoms with Crippen LogP contribution in [0.25, 0.3) is 0 Å². The molecule has 0 saturated carbocycles. The molecule has 0 aromatic rings. The highest BCUT2D eigenvalue weighted by Crippen LogP contribution is 2.19. The Labute approximate surface area is 288 Å². The van der Waals surface area contributed by atoms with E-state index in [1.165, 1.54) is 173 Å². The standard InChI is InChI=1S/C24H48O2.C17H35NO2/c1-4-7-10-13-14-15-18-21-24(25)26-22-23(19-16-11-8-5-2)20-17-12-9-6-3;1-2-3-4-9-12-15-18-16-13-10-7-5-6-8-11-14-17(19)20/h23H,4-22H2,1-3H3;18H,2-16H2,1H3,(H,19,20). The van der Waals surface area contributed by atoms with Crippen molar-refractivity contribution in [3.05, 3.63) is 0 Å². The Morgan fingerprint density at radius 2 is 0.826 bits per heavy atom. The Kier molecular flexibility index (Phi) is 42.9. The van der Waals surface area contributed by atoms with E-state index in [0.29, 0.717) is 25.4 Å². The van der Waals surface area contributed by atoms with E-state index in [2.05, 4.69) is 33.0 Å². The van der Waals surface area contributed by atoms with Crippen LogP contribution in [-0.4, -0.2) is 36.7 Å². The first-order valence-electron chi connectivity index (χ1n) is 20.6. The van der Waals surface area contributed by atoms with Gasteiger partial charge >= 0.3 is 11.9 Å². The minimum Gasteiger partial charge on any atom is -0.481 e. The summed E-state index contributed by atoms with van der Waals surface area (Å²) in [6.07, 6.45) is 37.7. The molecule has 0 rings (SSSR count). The van der Waals surface area contributed by atoms with Gasteiger partial charge in [0.1, 0.15) is 0 Å². The van der Waals surface area contributed by atoms with Crippen LogP contribution >= 0.6 is 0 Å². The highest BCUT2D eigenvalue weighted by Gasteiger charge is 2.12. The van der Waals surface area contributed by atoms with E-state index in [4.69, 9.17) is 9.84 Å². The number of carbonyl (C=O) groups excluding carboxylic acids is 1. The molecule has 0 aliphatic carbocycles.